The van der Waals surface area contributed by atoms with Gasteiger partial charge in [-0.3, -0.25) is 0 Å². The summed E-state index contributed by atoms with van der Waals surface area (Å²) in [6.45, 7) is 8.19. The number of hydrogen-bond donors (Lipinski definition) is 0. The first-order valence-electron chi connectivity index (χ1n) is 7.53. The molecule has 0 saturated heterocycles. The fraction of sp³-hybridized carbons (Fsp3) is 0.421. The molecule has 0 heterocycles. The maximum Gasteiger partial charge on any atom is 0.0523 e. The average Bonchev–Trinajstić information content (AvgIpc) is 2.45. The summed E-state index contributed by atoms with van der Waals surface area (Å²) in [4.78, 5) is 0. The molecule has 0 aliphatic carbocycles. The van der Waals surface area contributed by atoms with Gasteiger partial charge in [-0.05, 0) is 41.0 Å². The van der Waals surface area contributed by atoms with E-state index in [0.29, 0.717) is 5.92 Å². The fourth-order valence-electron chi connectivity index (χ4n) is 2.60. The van der Waals surface area contributed by atoms with Gasteiger partial charge in [0.25, 0.3) is 0 Å². The molecule has 0 N–H and O–H groups in total. The van der Waals surface area contributed by atoms with E-state index < -0.39 is 0 Å². The minimum atomic E-state index is 0.580. The van der Waals surface area contributed by atoms with Gasteiger partial charge in [-0.2, -0.15) is 0 Å². The number of ether oxygens (including phenoxy) is 1. The SMILES string of the molecule is C[C](C)COCCCC(C)c1cccc2ccccc12. The van der Waals surface area contributed by atoms with E-state index in [4.69, 9.17) is 4.74 Å². The molecule has 0 bridgehead atoms. The zero-order valence-corrected chi connectivity index (χ0v) is 12.9. The Labute approximate surface area is 123 Å². The number of fused-ring (bicyclic) bond motifs is 1. The van der Waals surface area contributed by atoms with Crippen LogP contribution in [0.3, 0.4) is 0 Å². The van der Waals surface area contributed by atoms with Gasteiger partial charge in [-0.1, -0.05) is 63.2 Å². The molecule has 2 aromatic carbocycles. The lowest BCUT2D eigenvalue weighted by atomic mass is 9.92. The van der Waals surface area contributed by atoms with E-state index in [0.717, 1.165) is 19.6 Å². The molecule has 2 rings (SSSR count). The molecule has 0 fully saturated rings. The molecule has 0 aliphatic heterocycles. The Morgan fingerprint density at radius 1 is 1.05 bits per heavy atom. The molecule has 1 atom stereocenters. The van der Waals surface area contributed by atoms with Gasteiger partial charge in [-0.15, -0.1) is 0 Å². The third-order valence-corrected chi connectivity index (χ3v) is 3.67. The largest absolute Gasteiger partial charge is 0.381 e. The van der Waals surface area contributed by atoms with Crippen LogP contribution >= 0.6 is 0 Å². The smallest absolute Gasteiger partial charge is 0.0523 e. The third kappa shape index (κ3) is 4.08. The lowest BCUT2D eigenvalue weighted by Crippen LogP contribution is -2.03. The summed E-state index contributed by atoms with van der Waals surface area (Å²) in [6.07, 6.45) is 2.30. The number of rotatable bonds is 7. The first-order chi connectivity index (χ1) is 9.68. The van der Waals surface area contributed by atoms with Crippen LogP contribution in [0, 0.1) is 5.92 Å². The molecule has 0 saturated carbocycles. The van der Waals surface area contributed by atoms with E-state index in [1.54, 1.807) is 0 Å². The average molecular weight is 269 g/mol. The highest BCUT2D eigenvalue weighted by Gasteiger charge is 2.08. The number of hydrogen-bond acceptors (Lipinski definition) is 1. The molecule has 107 valence electrons. The molecule has 2 aromatic rings. The monoisotopic (exact) mass is 269 g/mol. The van der Waals surface area contributed by atoms with Crippen LogP contribution < -0.4 is 0 Å². The van der Waals surface area contributed by atoms with Crippen LogP contribution in [-0.4, -0.2) is 13.2 Å². The lowest BCUT2D eigenvalue weighted by Gasteiger charge is -2.15. The standard InChI is InChI=1S/C19H25O/c1-15(2)14-20-13-7-8-16(3)18-12-6-10-17-9-4-5-11-19(17)18/h4-6,9-12,16H,7-8,13-14H2,1-3H3. The van der Waals surface area contributed by atoms with Gasteiger partial charge in [0.15, 0.2) is 0 Å². The summed E-state index contributed by atoms with van der Waals surface area (Å²) < 4.78 is 5.63. The molecular formula is C19H25O. The zero-order valence-electron chi connectivity index (χ0n) is 12.9. The topological polar surface area (TPSA) is 9.23 Å². The van der Waals surface area contributed by atoms with Crippen LogP contribution in [0.4, 0.5) is 0 Å². The quantitative estimate of drug-likeness (QED) is 0.615. The predicted octanol–water partition coefficient (Wildman–Crippen LogP) is 5.35. The lowest BCUT2D eigenvalue weighted by molar-refractivity contribution is 0.139. The van der Waals surface area contributed by atoms with Crippen LogP contribution in [0.1, 0.15) is 45.1 Å². The number of benzene rings is 2. The van der Waals surface area contributed by atoms with E-state index in [1.807, 2.05) is 0 Å². The van der Waals surface area contributed by atoms with Crippen LogP contribution in [0.2, 0.25) is 0 Å². The molecule has 1 unspecified atom stereocenters. The highest BCUT2D eigenvalue weighted by atomic mass is 16.5. The summed E-state index contributed by atoms with van der Waals surface area (Å²) >= 11 is 0. The Bertz CT molecular complexity index is 525. The minimum absolute atomic E-state index is 0.580. The van der Waals surface area contributed by atoms with Crippen molar-refractivity contribution in [2.24, 2.45) is 0 Å². The first kappa shape index (κ1) is 15.1. The summed E-state index contributed by atoms with van der Waals surface area (Å²) in [5.41, 5.74) is 1.46. The van der Waals surface area contributed by atoms with Crippen molar-refractivity contribution in [1.82, 2.24) is 0 Å². The van der Waals surface area contributed by atoms with E-state index in [2.05, 4.69) is 63.2 Å². The highest BCUT2D eigenvalue weighted by Crippen LogP contribution is 2.28. The van der Waals surface area contributed by atoms with Gasteiger partial charge in [0, 0.05) is 6.61 Å². The van der Waals surface area contributed by atoms with Gasteiger partial charge in [0.1, 0.15) is 0 Å². The van der Waals surface area contributed by atoms with Crippen molar-refractivity contribution in [3.8, 4) is 0 Å². The van der Waals surface area contributed by atoms with Crippen molar-refractivity contribution < 1.29 is 4.74 Å². The maximum atomic E-state index is 5.63. The van der Waals surface area contributed by atoms with E-state index in [1.165, 1.54) is 28.7 Å². The van der Waals surface area contributed by atoms with Crippen molar-refractivity contribution in [3.05, 3.63) is 53.9 Å². The van der Waals surface area contributed by atoms with Crippen molar-refractivity contribution in [3.63, 3.8) is 0 Å². The molecule has 20 heavy (non-hydrogen) atoms. The van der Waals surface area contributed by atoms with Crippen LogP contribution in [0.15, 0.2) is 42.5 Å². The second-order valence-corrected chi connectivity index (χ2v) is 5.87. The Balaban J connectivity index is 1.92. The minimum Gasteiger partial charge on any atom is -0.381 e. The molecule has 0 aliphatic rings. The Hall–Kier alpha value is -1.34. The first-order valence-corrected chi connectivity index (χ1v) is 7.53. The van der Waals surface area contributed by atoms with Gasteiger partial charge in [-0.25, -0.2) is 0 Å². The second kappa shape index (κ2) is 7.44. The van der Waals surface area contributed by atoms with E-state index >= 15 is 0 Å². The summed E-state index contributed by atoms with van der Waals surface area (Å²) in [6, 6.07) is 15.3. The summed E-state index contributed by atoms with van der Waals surface area (Å²) in [5.74, 6) is 1.92. The van der Waals surface area contributed by atoms with Crippen molar-refractivity contribution in [1.29, 1.82) is 0 Å². The van der Waals surface area contributed by atoms with Gasteiger partial charge in [0.2, 0.25) is 0 Å². The molecule has 0 spiro atoms. The second-order valence-electron chi connectivity index (χ2n) is 5.87. The van der Waals surface area contributed by atoms with E-state index in [9.17, 15) is 0 Å². The van der Waals surface area contributed by atoms with Crippen LogP contribution in [-0.2, 0) is 4.74 Å². The Morgan fingerprint density at radius 2 is 1.80 bits per heavy atom. The van der Waals surface area contributed by atoms with Crippen molar-refractivity contribution in [2.45, 2.75) is 39.5 Å². The molecule has 0 amide bonds. The molecular weight excluding hydrogens is 244 g/mol. The fourth-order valence-corrected chi connectivity index (χ4v) is 2.60. The van der Waals surface area contributed by atoms with Gasteiger partial charge < -0.3 is 4.74 Å². The molecule has 1 heteroatoms. The zero-order chi connectivity index (χ0) is 14.4. The normalized spacial score (nSPS) is 13.0. The molecule has 1 radical (unpaired) electrons. The van der Waals surface area contributed by atoms with Gasteiger partial charge in [0.05, 0.1) is 6.61 Å². The van der Waals surface area contributed by atoms with E-state index in [-0.39, 0.29) is 0 Å². The third-order valence-electron chi connectivity index (χ3n) is 3.67. The Morgan fingerprint density at radius 3 is 2.60 bits per heavy atom. The van der Waals surface area contributed by atoms with Crippen LogP contribution in [0.25, 0.3) is 10.8 Å². The maximum absolute atomic E-state index is 5.63. The molecule has 1 nitrogen and oxygen atoms in total. The highest BCUT2D eigenvalue weighted by molar-refractivity contribution is 5.86. The summed E-state index contributed by atoms with van der Waals surface area (Å²) in [5, 5.41) is 2.73. The Kier molecular flexibility index (Phi) is 5.60. The summed E-state index contributed by atoms with van der Waals surface area (Å²) in [7, 11) is 0. The molecule has 0 aromatic heterocycles. The van der Waals surface area contributed by atoms with Crippen LogP contribution in [0.5, 0.6) is 0 Å². The predicted molar refractivity (Wildman–Crippen MR) is 87.0 cm³/mol. The van der Waals surface area contributed by atoms with Crippen molar-refractivity contribution >= 4 is 10.8 Å². The van der Waals surface area contributed by atoms with Crippen molar-refractivity contribution in [2.75, 3.05) is 13.2 Å². The van der Waals surface area contributed by atoms with Gasteiger partial charge >= 0.3 is 0 Å².